The smallest absolute Gasteiger partial charge is 0.0433 e. The molecule has 0 saturated carbocycles. The van der Waals surface area contributed by atoms with E-state index in [0.717, 1.165) is 6.42 Å². The van der Waals surface area contributed by atoms with E-state index in [1.54, 1.807) is 0 Å². The van der Waals surface area contributed by atoms with Crippen LogP contribution in [0.25, 0.3) is 0 Å². The SMILES string of the molecule is CC.CC.CCC.CCC(C)CCO. The van der Waals surface area contributed by atoms with Gasteiger partial charge in [-0.05, 0) is 12.3 Å². The van der Waals surface area contributed by atoms with Crippen molar-refractivity contribution in [2.75, 3.05) is 6.61 Å². The molecule has 1 nitrogen and oxygen atoms in total. The van der Waals surface area contributed by atoms with E-state index in [0.29, 0.717) is 12.5 Å². The van der Waals surface area contributed by atoms with Crippen molar-refractivity contribution in [3.05, 3.63) is 0 Å². The Hall–Kier alpha value is -0.0400. The van der Waals surface area contributed by atoms with E-state index in [1.807, 2.05) is 27.7 Å². The van der Waals surface area contributed by atoms with Gasteiger partial charge in [0, 0.05) is 6.61 Å². The lowest BCUT2D eigenvalue weighted by atomic mass is 10.1. The number of hydrogen-bond acceptors (Lipinski definition) is 1. The highest BCUT2D eigenvalue weighted by Gasteiger charge is 1.93. The van der Waals surface area contributed by atoms with E-state index in [-0.39, 0.29) is 0 Å². The summed E-state index contributed by atoms with van der Waals surface area (Å²) in [7, 11) is 0. The van der Waals surface area contributed by atoms with Crippen LogP contribution in [0.15, 0.2) is 0 Å². The van der Waals surface area contributed by atoms with Crippen molar-refractivity contribution < 1.29 is 5.11 Å². The lowest BCUT2D eigenvalue weighted by Gasteiger charge is -2.01. The summed E-state index contributed by atoms with van der Waals surface area (Å²) in [6, 6.07) is 0. The molecule has 14 heavy (non-hydrogen) atoms. The molecule has 92 valence electrons. The van der Waals surface area contributed by atoms with E-state index < -0.39 is 0 Å². The first-order valence-corrected chi connectivity index (χ1v) is 6.33. The maximum absolute atomic E-state index is 8.37. The highest BCUT2D eigenvalue weighted by atomic mass is 16.2. The Kier molecular flexibility index (Phi) is 64.6. The van der Waals surface area contributed by atoms with Crippen LogP contribution in [0.2, 0.25) is 0 Å². The first-order chi connectivity index (χ1) is 6.72. The van der Waals surface area contributed by atoms with Crippen LogP contribution in [0.3, 0.4) is 0 Å². The monoisotopic (exact) mass is 206 g/mol. The van der Waals surface area contributed by atoms with Gasteiger partial charge in [0.05, 0.1) is 0 Å². The fourth-order valence-electron chi connectivity index (χ4n) is 0.425. The minimum absolute atomic E-state index is 0.342. The van der Waals surface area contributed by atoms with Gasteiger partial charge in [-0.25, -0.2) is 0 Å². The van der Waals surface area contributed by atoms with E-state index in [2.05, 4.69) is 27.7 Å². The minimum Gasteiger partial charge on any atom is -0.396 e. The van der Waals surface area contributed by atoms with Crippen molar-refractivity contribution in [2.45, 2.75) is 74.7 Å². The Balaban J connectivity index is -0.0000000603. The quantitative estimate of drug-likeness (QED) is 0.697. The first kappa shape index (κ1) is 23.6. The molecule has 0 amide bonds. The van der Waals surface area contributed by atoms with Gasteiger partial charge in [-0.15, -0.1) is 0 Å². The van der Waals surface area contributed by atoms with Crippen LogP contribution >= 0.6 is 0 Å². The average molecular weight is 206 g/mol. The van der Waals surface area contributed by atoms with Crippen LogP contribution in [0, 0.1) is 5.92 Å². The molecule has 0 saturated heterocycles. The molecule has 0 bridgehead atoms. The van der Waals surface area contributed by atoms with Gasteiger partial charge in [0.1, 0.15) is 0 Å². The van der Waals surface area contributed by atoms with Crippen LogP contribution in [-0.2, 0) is 0 Å². The molecule has 0 heterocycles. The summed E-state index contributed by atoms with van der Waals surface area (Å²) in [5, 5.41) is 8.37. The standard InChI is InChI=1S/C6H14O.C3H8.2C2H6/c1-3-6(2)4-5-7;1-3-2;2*1-2/h6-7H,3-5H2,1-2H3;3H2,1-2H3;2*1-2H3. The van der Waals surface area contributed by atoms with E-state index in [9.17, 15) is 0 Å². The molecule has 0 rings (SSSR count). The van der Waals surface area contributed by atoms with Crippen molar-refractivity contribution in [3.8, 4) is 0 Å². The molecule has 0 fully saturated rings. The summed E-state index contributed by atoms with van der Waals surface area (Å²) in [6.45, 7) is 16.9. The Morgan fingerprint density at radius 2 is 1.21 bits per heavy atom. The van der Waals surface area contributed by atoms with Gasteiger partial charge < -0.3 is 5.11 Å². The van der Waals surface area contributed by atoms with E-state index >= 15 is 0 Å². The highest BCUT2D eigenvalue weighted by Crippen LogP contribution is 2.03. The molecule has 0 aromatic heterocycles. The lowest BCUT2D eigenvalue weighted by molar-refractivity contribution is 0.260. The summed E-state index contributed by atoms with van der Waals surface area (Å²) in [4.78, 5) is 0. The zero-order valence-corrected chi connectivity index (χ0v) is 11.9. The molecule has 0 aromatic rings. The van der Waals surface area contributed by atoms with E-state index in [4.69, 9.17) is 5.11 Å². The third kappa shape index (κ3) is 58.4. The average Bonchev–Trinajstić information content (AvgIpc) is 2.25. The summed E-state index contributed by atoms with van der Waals surface area (Å²) in [5.41, 5.74) is 0. The van der Waals surface area contributed by atoms with Crippen molar-refractivity contribution in [3.63, 3.8) is 0 Å². The molecule has 0 aliphatic heterocycles. The molecule has 1 unspecified atom stereocenters. The van der Waals surface area contributed by atoms with Crippen molar-refractivity contribution in [2.24, 2.45) is 5.92 Å². The van der Waals surface area contributed by atoms with Gasteiger partial charge in [-0.3, -0.25) is 0 Å². The van der Waals surface area contributed by atoms with Crippen LogP contribution < -0.4 is 0 Å². The van der Waals surface area contributed by atoms with Crippen LogP contribution in [0.5, 0.6) is 0 Å². The number of rotatable bonds is 3. The lowest BCUT2D eigenvalue weighted by Crippen LogP contribution is -1.94. The summed E-state index contributed by atoms with van der Waals surface area (Å²) < 4.78 is 0. The molecule has 0 aromatic carbocycles. The predicted octanol–water partition coefficient (Wildman–Crippen LogP) is 4.88. The van der Waals surface area contributed by atoms with Gasteiger partial charge >= 0.3 is 0 Å². The Bertz CT molecular complexity index is 44.5. The number of aliphatic hydroxyl groups excluding tert-OH is 1. The van der Waals surface area contributed by atoms with Gasteiger partial charge in [-0.1, -0.05) is 68.2 Å². The zero-order chi connectivity index (χ0) is 12.4. The third-order valence-corrected chi connectivity index (χ3v) is 1.32. The van der Waals surface area contributed by atoms with E-state index in [1.165, 1.54) is 12.8 Å². The third-order valence-electron chi connectivity index (χ3n) is 1.32. The maximum Gasteiger partial charge on any atom is 0.0433 e. The second kappa shape index (κ2) is 38.3. The fraction of sp³-hybridized carbons (Fsp3) is 1.00. The van der Waals surface area contributed by atoms with Crippen LogP contribution in [0.4, 0.5) is 0 Å². The Morgan fingerprint density at radius 1 is 0.929 bits per heavy atom. The number of aliphatic hydroxyl groups is 1. The molecular formula is C13H34O. The summed E-state index contributed by atoms with van der Waals surface area (Å²) in [5.74, 6) is 0.699. The second-order valence-corrected chi connectivity index (χ2v) is 2.73. The second-order valence-electron chi connectivity index (χ2n) is 2.73. The zero-order valence-electron chi connectivity index (χ0n) is 11.9. The van der Waals surface area contributed by atoms with Gasteiger partial charge in [0.15, 0.2) is 0 Å². The molecule has 0 aliphatic rings. The van der Waals surface area contributed by atoms with Crippen LogP contribution in [-0.4, -0.2) is 11.7 Å². The minimum atomic E-state index is 0.342. The fourth-order valence-corrected chi connectivity index (χ4v) is 0.425. The molecule has 0 aliphatic carbocycles. The molecule has 1 heteroatoms. The molecule has 1 atom stereocenters. The maximum atomic E-state index is 8.37. The Labute approximate surface area is 92.9 Å². The Morgan fingerprint density at radius 3 is 1.29 bits per heavy atom. The van der Waals surface area contributed by atoms with Gasteiger partial charge in [-0.2, -0.15) is 0 Å². The van der Waals surface area contributed by atoms with Crippen molar-refractivity contribution >= 4 is 0 Å². The largest absolute Gasteiger partial charge is 0.396 e. The highest BCUT2D eigenvalue weighted by molar-refractivity contribution is 4.45. The number of hydrogen-bond donors (Lipinski definition) is 1. The summed E-state index contributed by atoms with van der Waals surface area (Å²) in [6.07, 6.45) is 3.39. The van der Waals surface area contributed by atoms with Crippen LogP contribution in [0.1, 0.15) is 74.7 Å². The van der Waals surface area contributed by atoms with Crippen molar-refractivity contribution in [1.82, 2.24) is 0 Å². The van der Waals surface area contributed by atoms with Crippen molar-refractivity contribution in [1.29, 1.82) is 0 Å². The molecular weight excluding hydrogens is 172 g/mol. The molecule has 0 radical (unpaired) electrons. The normalized spacial score (nSPS) is 9.21. The predicted molar refractivity (Wildman–Crippen MR) is 69.8 cm³/mol. The molecule has 1 N–H and O–H groups in total. The first-order valence-electron chi connectivity index (χ1n) is 6.33. The molecule has 0 spiro atoms. The topological polar surface area (TPSA) is 20.2 Å². The van der Waals surface area contributed by atoms with Gasteiger partial charge in [0.25, 0.3) is 0 Å². The summed E-state index contributed by atoms with van der Waals surface area (Å²) >= 11 is 0. The van der Waals surface area contributed by atoms with Gasteiger partial charge in [0.2, 0.25) is 0 Å².